The summed E-state index contributed by atoms with van der Waals surface area (Å²) in [5.41, 5.74) is 2.05. The molecule has 3 aromatic rings. The van der Waals surface area contributed by atoms with Crippen molar-refractivity contribution in [1.82, 2.24) is 0 Å². The highest BCUT2D eigenvalue weighted by Crippen LogP contribution is 2.26. The van der Waals surface area contributed by atoms with Crippen molar-refractivity contribution >= 4 is 6.08 Å². The zero-order valence-electron chi connectivity index (χ0n) is 11.6. The molecule has 0 aliphatic rings. The minimum atomic E-state index is 0.826. The largest absolute Gasteiger partial charge is 0.457 e. The highest BCUT2D eigenvalue weighted by Gasteiger charge is 2.01. The van der Waals surface area contributed by atoms with Crippen LogP contribution in [-0.4, -0.2) is 0 Å². The van der Waals surface area contributed by atoms with Gasteiger partial charge in [-0.3, -0.25) is 0 Å². The first-order valence-electron chi connectivity index (χ1n) is 6.88. The van der Waals surface area contributed by atoms with E-state index in [2.05, 4.69) is 6.08 Å². The number of ether oxygens (including phenoxy) is 1. The van der Waals surface area contributed by atoms with E-state index < -0.39 is 0 Å². The fourth-order valence-corrected chi connectivity index (χ4v) is 2.00. The Balaban J connectivity index is 1.84. The number of benzene rings is 3. The molecule has 0 spiro atoms. The monoisotopic (exact) mass is 271 g/mol. The summed E-state index contributed by atoms with van der Waals surface area (Å²) < 4.78 is 5.93. The van der Waals surface area contributed by atoms with E-state index in [1.165, 1.54) is 0 Å². The highest BCUT2D eigenvalue weighted by molar-refractivity contribution is 5.58. The van der Waals surface area contributed by atoms with Gasteiger partial charge in [-0.1, -0.05) is 66.7 Å². The third kappa shape index (κ3) is 3.61. The van der Waals surface area contributed by atoms with Crippen molar-refractivity contribution in [3.8, 4) is 11.5 Å². The summed E-state index contributed by atoms with van der Waals surface area (Å²) in [7, 11) is 0. The number of hydrogen-bond donors (Lipinski definition) is 0. The van der Waals surface area contributed by atoms with Gasteiger partial charge in [-0.2, -0.15) is 0 Å². The van der Waals surface area contributed by atoms with Crippen LogP contribution in [0, 0.1) is 6.08 Å². The standard InChI is InChI=1S/C20H15O/c1-3-9-17(10-4-1)15-16-18-11-7-8-14-20(18)21-19-12-5-2-6-13-19/h1-14,16H. The van der Waals surface area contributed by atoms with Crippen molar-refractivity contribution in [3.63, 3.8) is 0 Å². The Morgan fingerprint density at radius 1 is 0.667 bits per heavy atom. The molecule has 0 saturated heterocycles. The Morgan fingerprint density at radius 2 is 1.29 bits per heavy atom. The van der Waals surface area contributed by atoms with E-state index in [1.54, 1.807) is 0 Å². The Hall–Kier alpha value is -2.80. The first-order valence-corrected chi connectivity index (χ1v) is 6.88. The van der Waals surface area contributed by atoms with Crippen LogP contribution in [0.5, 0.6) is 11.5 Å². The second-order valence-corrected chi connectivity index (χ2v) is 4.61. The minimum Gasteiger partial charge on any atom is -0.457 e. The molecule has 0 atom stereocenters. The summed E-state index contributed by atoms with van der Waals surface area (Å²) in [6, 6.07) is 27.8. The van der Waals surface area contributed by atoms with Crippen LogP contribution in [0.25, 0.3) is 6.08 Å². The predicted molar refractivity (Wildman–Crippen MR) is 86.2 cm³/mol. The van der Waals surface area contributed by atoms with Gasteiger partial charge < -0.3 is 4.74 Å². The molecule has 0 aliphatic heterocycles. The molecule has 0 bridgehead atoms. The van der Waals surface area contributed by atoms with E-state index in [4.69, 9.17) is 4.74 Å². The second kappa shape index (κ2) is 6.58. The van der Waals surface area contributed by atoms with Crippen LogP contribution in [0.4, 0.5) is 0 Å². The van der Waals surface area contributed by atoms with Crippen LogP contribution >= 0.6 is 0 Å². The molecule has 0 aromatic heterocycles. The van der Waals surface area contributed by atoms with E-state index in [0.29, 0.717) is 0 Å². The lowest BCUT2D eigenvalue weighted by molar-refractivity contribution is 0.481. The molecule has 0 heterocycles. The third-order valence-electron chi connectivity index (χ3n) is 3.06. The van der Waals surface area contributed by atoms with Crippen molar-refractivity contribution in [2.24, 2.45) is 0 Å². The van der Waals surface area contributed by atoms with Crippen molar-refractivity contribution in [2.75, 3.05) is 0 Å². The molecular weight excluding hydrogens is 256 g/mol. The summed E-state index contributed by atoms with van der Waals surface area (Å²) in [6.45, 7) is 0. The van der Waals surface area contributed by atoms with E-state index in [-0.39, 0.29) is 0 Å². The number of hydrogen-bond acceptors (Lipinski definition) is 1. The van der Waals surface area contributed by atoms with Crippen LogP contribution < -0.4 is 4.74 Å². The van der Waals surface area contributed by atoms with Crippen molar-refractivity contribution in [2.45, 2.75) is 0 Å². The summed E-state index contributed by atoms with van der Waals surface area (Å²) in [5.74, 6) is 1.66. The molecule has 0 aliphatic carbocycles. The van der Waals surface area contributed by atoms with Gasteiger partial charge in [0.1, 0.15) is 11.5 Å². The fourth-order valence-electron chi connectivity index (χ4n) is 2.00. The molecule has 0 N–H and O–H groups in total. The summed E-state index contributed by atoms with van der Waals surface area (Å²) in [4.78, 5) is 0. The Kier molecular flexibility index (Phi) is 4.13. The van der Waals surface area contributed by atoms with Gasteiger partial charge in [0, 0.05) is 5.56 Å². The molecule has 3 rings (SSSR count). The molecule has 0 saturated carbocycles. The van der Waals surface area contributed by atoms with E-state index in [0.717, 1.165) is 22.6 Å². The summed E-state index contributed by atoms with van der Waals surface area (Å²) >= 11 is 0. The molecule has 21 heavy (non-hydrogen) atoms. The maximum absolute atomic E-state index is 5.93. The number of para-hydroxylation sites is 2. The maximum Gasteiger partial charge on any atom is 0.134 e. The zero-order valence-corrected chi connectivity index (χ0v) is 11.6. The minimum absolute atomic E-state index is 0.826. The first kappa shape index (κ1) is 13.2. The lowest BCUT2D eigenvalue weighted by Crippen LogP contribution is -1.86. The van der Waals surface area contributed by atoms with Gasteiger partial charge in [-0.05, 0) is 35.9 Å². The maximum atomic E-state index is 5.93. The molecule has 101 valence electrons. The molecular formula is C20H15O. The van der Waals surface area contributed by atoms with Crippen molar-refractivity contribution in [1.29, 1.82) is 0 Å². The van der Waals surface area contributed by atoms with Gasteiger partial charge in [-0.25, -0.2) is 0 Å². The smallest absolute Gasteiger partial charge is 0.134 e. The van der Waals surface area contributed by atoms with Crippen LogP contribution in [0.2, 0.25) is 0 Å². The molecule has 1 heteroatoms. The van der Waals surface area contributed by atoms with Crippen LogP contribution in [0.3, 0.4) is 0 Å². The van der Waals surface area contributed by atoms with E-state index in [1.807, 2.05) is 91.0 Å². The average molecular weight is 271 g/mol. The quantitative estimate of drug-likeness (QED) is 0.582. The van der Waals surface area contributed by atoms with Crippen molar-refractivity contribution < 1.29 is 4.74 Å². The van der Waals surface area contributed by atoms with Crippen molar-refractivity contribution in [3.05, 3.63) is 102 Å². The molecule has 0 amide bonds. The van der Waals surface area contributed by atoms with Crippen LogP contribution in [-0.2, 0) is 0 Å². The van der Waals surface area contributed by atoms with Gasteiger partial charge in [0.2, 0.25) is 0 Å². The van der Waals surface area contributed by atoms with E-state index >= 15 is 0 Å². The lowest BCUT2D eigenvalue weighted by atomic mass is 10.1. The zero-order chi connectivity index (χ0) is 14.3. The molecule has 1 radical (unpaired) electrons. The summed E-state index contributed by atoms with van der Waals surface area (Å²) in [6.07, 6.45) is 5.23. The average Bonchev–Trinajstić information content (AvgIpc) is 2.56. The Bertz CT molecular complexity index is 715. The first-order chi connectivity index (χ1) is 10.4. The Morgan fingerprint density at radius 3 is 2.05 bits per heavy atom. The second-order valence-electron chi connectivity index (χ2n) is 4.61. The van der Waals surface area contributed by atoms with Crippen LogP contribution in [0.15, 0.2) is 84.9 Å². The van der Waals surface area contributed by atoms with Gasteiger partial charge in [0.15, 0.2) is 0 Å². The topological polar surface area (TPSA) is 9.23 Å². The molecule has 0 fully saturated rings. The predicted octanol–water partition coefficient (Wildman–Crippen LogP) is 5.34. The Labute approximate surface area is 125 Å². The normalized spacial score (nSPS) is 10.7. The number of rotatable bonds is 4. The van der Waals surface area contributed by atoms with Gasteiger partial charge in [0.05, 0.1) is 0 Å². The molecule has 1 nitrogen and oxygen atoms in total. The van der Waals surface area contributed by atoms with E-state index in [9.17, 15) is 0 Å². The summed E-state index contributed by atoms with van der Waals surface area (Å²) in [5, 5.41) is 0. The molecule has 0 unspecified atom stereocenters. The lowest BCUT2D eigenvalue weighted by Gasteiger charge is -2.08. The highest BCUT2D eigenvalue weighted by atomic mass is 16.5. The van der Waals surface area contributed by atoms with Crippen LogP contribution in [0.1, 0.15) is 11.1 Å². The third-order valence-corrected chi connectivity index (χ3v) is 3.06. The fraction of sp³-hybridized carbons (Fsp3) is 0. The SMILES string of the molecule is [C](=Cc1ccccc1Oc1ccccc1)c1ccccc1. The van der Waals surface area contributed by atoms with Gasteiger partial charge in [0.25, 0.3) is 0 Å². The van der Waals surface area contributed by atoms with Gasteiger partial charge >= 0.3 is 0 Å². The molecule has 3 aromatic carbocycles. The van der Waals surface area contributed by atoms with Gasteiger partial charge in [-0.15, -0.1) is 0 Å².